The summed E-state index contributed by atoms with van der Waals surface area (Å²) in [7, 11) is 1.68. The van der Waals surface area contributed by atoms with E-state index in [9.17, 15) is 0 Å². The maximum atomic E-state index is 9.09. The molecule has 0 aromatic heterocycles. The minimum Gasteiger partial charge on any atom is -0.314 e. The first-order valence-corrected chi connectivity index (χ1v) is 4.05. The van der Waals surface area contributed by atoms with E-state index in [4.69, 9.17) is 10.5 Å². The molecule has 0 amide bonds. The summed E-state index contributed by atoms with van der Waals surface area (Å²) in [4.78, 5) is 0. The standard InChI is InChI=1S/C8H14N2O/c1-10(11)8-4-2-7(6-9)3-5-8/h7-8,11H,2-5H2,1H3. The van der Waals surface area contributed by atoms with E-state index >= 15 is 0 Å². The monoisotopic (exact) mass is 154 g/mol. The van der Waals surface area contributed by atoms with Crippen molar-refractivity contribution in [3.63, 3.8) is 0 Å². The van der Waals surface area contributed by atoms with Gasteiger partial charge in [-0.25, -0.2) is 0 Å². The van der Waals surface area contributed by atoms with Crippen LogP contribution in [0.1, 0.15) is 25.7 Å². The van der Waals surface area contributed by atoms with Gasteiger partial charge >= 0.3 is 0 Å². The van der Waals surface area contributed by atoms with Gasteiger partial charge in [0.2, 0.25) is 0 Å². The maximum Gasteiger partial charge on any atom is 0.0655 e. The normalized spacial score (nSPS) is 31.8. The Balaban J connectivity index is 2.31. The van der Waals surface area contributed by atoms with Gasteiger partial charge in [0, 0.05) is 19.0 Å². The van der Waals surface area contributed by atoms with Crippen LogP contribution in [0.2, 0.25) is 0 Å². The Hall–Kier alpha value is -0.590. The third-order valence-corrected chi connectivity index (χ3v) is 2.41. The van der Waals surface area contributed by atoms with Crippen LogP contribution in [0.25, 0.3) is 0 Å². The lowest BCUT2D eigenvalue weighted by atomic mass is 9.87. The minimum absolute atomic E-state index is 0.228. The highest BCUT2D eigenvalue weighted by atomic mass is 16.5. The van der Waals surface area contributed by atoms with Gasteiger partial charge in [-0.15, -0.1) is 0 Å². The van der Waals surface area contributed by atoms with Crippen LogP contribution in [0.4, 0.5) is 0 Å². The molecule has 3 heteroatoms. The van der Waals surface area contributed by atoms with Gasteiger partial charge in [0.15, 0.2) is 0 Å². The van der Waals surface area contributed by atoms with Crippen molar-refractivity contribution in [1.29, 1.82) is 5.26 Å². The molecule has 1 N–H and O–H groups in total. The lowest BCUT2D eigenvalue weighted by Gasteiger charge is -2.28. The van der Waals surface area contributed by atoms with Crippen molar-refractivity contribution >= 4 is 0 Å². The van der Waals surface area contributed by atoms with Gasteiger partial charge in [-0.2, -0.15) is 10.3 Å². The van der Waals surface area contributed by atoms with Crippen molar-refractivity contribution in [2.45, 2.75) is 31.7 Å². The predicted molar refractivity (Wildman–Crippen MR) is 40.9 cm³/mol. The summed E-state index contributed by atoms with van der Waals surface area (Å²) in [6, 6.07) is 2.54. The van der Waals surface area contributed by atoms with E-state index in [-0.39, 0.29) is 12.0 Å². The third kappa shape index (κ3) is 2.18. The zero-order valence-corrected chi connectivity index (χ0v) is 6.82. The van der Waals surface area contributed by atoms with Gasteiger partial charge < -0.3 is 5.21 Å². The molecule has 1 fully saturated rings. The smallest absolute Gasteiger partial charge is 0.0655 e. The fourth-order valence-corrected chi connectivity index (χ4v) is 1.58. The van der Waals surface area contributed by atoms with Crippen molar-refractivity contribution in [3.8, 4) is 6.07 Å². The van der Waals surface area contributed by atoms with Crippen molar-refractivity contribution in [2.24, 2.45) is 5.92 Å². The van der Waals surface area contributed by atoms with E-state index in [0.717, 1.165) is 25.7 Å². The van der Waals surface area contributed by atoms with Gasteiger partial charge in [-0.05, 0) is 25.7 Å². The third-order valence-electron chi connectivity index (χ3n) is 2.41. The van der Waals surface area contributed by atoms with E-state index in [2.05, 4.69) is 6.07 Å². The van der Waals surface area contributed by atoms with E-state index < -0.39 is 0 Å². The average Bonchev–Trinajstić information content (AvgIpc) is 2.05. The van der Waals surface area contributed by atoms with Gasteiger partial charge in [0.1, 0.15) is 0 Å². The Morgan fingerprint density at radius 1 is 1.36 bits per heavy atom. The molecule has 1 aliphatic carbocycles. The van der Waals surface area contributed by atoms with Crippen LogP contribution >= 0.6 is 0 Å². The Morgan fingerprint density at radius 2 is 1.91 bits per heavy atom. The lowest BCUT2D eigenvalue weighted by Crippen LogP contribution is -2.32. The van der Waals surface area contributed by atoms with Gasteiger partial charge in [0.05, 0.1) is 6.07 Å². The van der Waals surface area contributed by atoms with E-state index in [1.165, 1.54) is 5.06 Å². The summed E-state index contributed by atoms with van der Waals surface area (Å²) in [5.41, 5.74) is 0. The second-order valence-electron chi connectivity index (χ2n) is 3.21. The van der Waals surface area contributed by atoms with Crippen molar-refractivity contribution < 1.29 is 5.21 Å². The molecular weight excluding hydrogens is 140 g/mol. The van der Waals surface area contributed by atoms with Gasteiger partial charge in [-0.1, -0.05) is 0 Å². The summed E-state index contributed by atoms with van der Waals surface area (Å²) in [5, 5.41) is 18.9. The van der Waals surface area contributed by atoms with E-state index in [0.29, 0.717) is 0 Å². The summed E-state index contributed by atoms with van der Waals surface area (Å²) in [5.74, 6) is 0.228. The van der Waals surface area contributed by atoms with Crippen LogP contribution in [0.3, 0.4) is 0 Å². The number of hydrogen-bond acceptors (Lipinski definition) is 3. The van der Waals surface area contributed by atoms with Gasteiger partial charge in [-0.3, -0.25) is 0 Å². The van der Waals surface area contributed by atoms with Crippen LogP contribution in [-0.4, -0.2) is 23.4 Å². The Bertz CT molecular complexity index is 154. The minimum atomic E-state index is 0.228. The zero-order chi connectivity index (χ0) is 8.27. The molecular formula is C8H14N2O. The zero-order valence-electron chi connectivity index (χ0n) is 6.82. The fraction of sp³-hybridized carbons (Fsp3) is 0.875. The van der Waals surface area contributed by atoms with E-state index in [1.807, 2.05) is 0 Å². The largest absolute Gasteiger partial charge is 0.314 e. The summed E-state index contributed by atoms with van der Waals surface area (Å²) >= 11 is 0. The molecule has 1 saturated carbocycles. The quantitative estimate of drug-likeness (QED) is 0.580. The van der Waals surface area contributed by atoms with Crippen LogP contribution in [0.15, 0.2) is 0 Å². The van der Waals surface area contributed by atoms with Gasteiger partial charge in [0.25, 0.3) is 0 Å². The molecule has 0 spiro atoms. The second-order valence-corrected chi connectivity index (χ2v) is 3.21. The number of nitrogens with zero attached hydrogens (tertiary/aromatic N) is 2. The van der Waals surface area contributed by atoms with Crippen molar-refractivity contribution in [3.05, 3.63) is 0 Å². The van der Waals surface area contributed by atoms with Crippen molar-refractivity contribution in [1.82, 2.24) is 5.06 Å². The molecule has 0 atom stereocenters. The van der Waals surface area contributed by atoms with Crippen LogP contribution in [-0.2, 0) is 0 Å². The Kier molecular flexibility index (Phi) is 2.86. The second kappa shape index (κ2) is 3.70. The molecule has 0 aromatic carbocycles. The topological polar surface area (TPSA) is 47.3 Å². The number of nitriles is 1. The molecule has 0 radical (unpaired) electrons. The maximum absolute atomic E-state index is 9.09. The first-order valence-electron chi connectivity index (χ1n) is 4.05. The van der Waals surface area contributed by atoms with Crippen LogP contribution in [0, 0.1) is 17.2 Å². The molecule has 1 aliphatic rings. The Labute approximate surface area is 67.2 Å². The summed E-state index contributed by atoms with van der Waals surface area (Å²) in [6.45, 7) is 0. The highest BCUT2D eigenvalue weighted by molar-refractivity contribution is 4.88. The number of rotatable bonds is 1. The highest BCUT2D eigenvalue weighted by Gasteiger charge is 2.22. The molecule has 0 saturated heterocycles. The molecule has 62 valence electrons. The molecule has 0 aromatic rings. The molecule has 0 heterocycles. The summed E-state index contributed by atoms with van der Waals surface area (Å²) < 4.78 is 0. The van der Waals surface area contributed by atoms with E-state index in [1.54, 1.807) is 7.05 Å². The number of hydrogen-bond donors (Lipinski definition) is 1. The first-order chi connectivity index (χ1) is 5.24. The number of hydroxylamine groups is 2. The highest BCUT2D eigenvalue weighted by Crippen LogP contribution is 2.25. The molecule has 11 heavy (non-hydrogen) atoms. The summed E-state index contributed by atoms with van der Waals surface area (Å²) in [6.07, 6.45) is 3.77. The molecule has 0 aliphatic heterocycles. The van der Waals surface area contributed by atoms with Crippen LogP contribution < -0.4 is 0 Å². The average molecular weight is 154 g/mol. The van der Waals surface area contributed by atoms with Crippen LogP contribution in [0.5, 0.6) is 0 Å². The molecule has 3 nitrogen and oxygen atoms in total. The SMILES string of the molecule is CN(O)C1CCC(C#N)CC1. The molecule has 0 unspecified atom stereocenters. The first kappa shape index (κ1) is 8.51. The molecule has 0 bridgehead atoms. The predicted octanol–water partition coefficient (Wildman–Crippen LogP) is 1.39. The lowest BCUT2D eigenvalue weighted by molar-refractivity contribution is -0.112. The van der Waals surface area contributed by atoms with Crippen molar-refractivity contribution in [2.75, 3.05) is 7.05 Å². The fourth-order valence-electron chi connectivity index (χ4n) is 1.58. The Morgan fingerprint density at radius 3 is 2.27 bits per heavy atom. The molecule has 1 rings (SSSR count).